The van der Waals surface area contributed by atoms with E-state index in [1.54, 1.807) is 11.3 Å². The van der Waals surface area contributed by atoms with Crippen LogP contribution in [0.4, 0.5) is 0 Å². The number of ether oxygens (including phenoxy) is 2. The molecule has 0 radical (unpaired) electrons. The van der Waals surface area contributed by atoms with Gasteiger partial charge >= 0.3 is 0 Å². The summed E-state index contributed by atoms with van der Waals surface area (Å²) >= 11 is 5.06. The monoisotopic (exact) mass is 326 g/mol. The Morgan fingerprint density at radius 3 is 3.11 bits per heavy atom. The lowest BCUT2D eigenvalue weighted by Gasteiger charge is -2.06. The second-order valence-electron chi connectivity index (χ2n) is 4.05. The molecule has 3 nitrogen and oxygen atoms in total. The molecule has 1 aliphatic heterocycles. The molecule has 0 saturated carbocycles. The first-order chi connectivity index (χ1) is 8.72. The van der Waals surface area contributed by atoms with Crippen molar-refractivity contribution in [3.63, 3.8) is 0 Å². The smallest absolute Gasteiger partial charge is 0.129 e. The topological polar surface area (TPSA) is 38.7 Å². The first-order valence-electron chi connectivity index (χ1n) is 5.53. The number of hydrogen-bond donors (Lipinski definition) is 1. The van der Waals surface area contributed by atoms with Crippen molar-refractivity contribution in [2.45, 2.75) is 12.7 Å². The molecule has 1 aliphatic rings. The maximum Gasteiger partial charge on any atom is 0.129 e. The van der Waals surface area contributed by atoms with E-state index >= 15 is 0 Å². The molecule has 1 N–H and O–H groups in total. The standard InChI is InChI=1S/C13H11BrO3S/c14-8-3-10(18-7-8)5-16-9-1-2-11-12(15)6-17-13(11)4-9/h1-4,7,12,15H,5-6H2. The fourth-order valence-corrected chi connectivity index (χ4v) is 3.21. The quantitative estimate of drug-likeness (QED) is 0.937. The van der Waals surface area contributed by atoms with Gasteiger partial charge in [-0.25, -0.2) is 0 Å². The second-order valence-corrected chi connectivity index (χ2v) is 5.96. The highest BCUT2D eigenvalue weighted by Crippen LogP contribution is 2.35. The molecule has 0 spiro atoms. The number of thiophene rings is 1. The van der Waals surface area contributed by atoms with Crippen LogP contribution in [0.3, 0.4) is 0 Å². The Bertz CT molecular complexity index is 567. The van der Waals surface area contributed by atoms with Crippen molar-refractivity contribution >= 4 is 27.3 Å². The van der Waals surface area contributed by atoms with E-state index in [-0.39, 0.29) is 0 Å². The first-order valence-corrected chi connectivity index (χ1v) is 7.20. The Morgan fingerprint density at radius 2 is 2.33 bits per heavy atom. The molecular weight excluding hydrogens is 316 g/mol. The molecule has 94 valence electrons. The molecule has 0 aliphatic carbocycles. The number of fused-ring (bicyclic) bond motifs is 1. The van der Waals surface area contributed by atoms with Crippen molar-refractivity contribution in [2.24, 2.45) is 0 Å². The molecule has 1 unspecified atom stereocenters. The first kappa shape index (κ1) is 12.0. The summed E-state index contributed by atoms with van der Waals surface area (Å²) in [4.78, 5) is 1.16. The predicted octanol–water partition coefficient (Wildman–Crippen LogP) is 3.52. The Kier molecular flexibility index (Phi) is 3.28. The number of benzene rings is 1. The molecule has 3 rings (SSSR count). The van der Waals surface area contributed by atoms with Crippen LogP contribution < -0.4 is 9.47 Å². The fraction of sp³-hybridized carbons (Fsp3) is 0.231. The summed E-state index contributed by atoms with van der Waals surface area (Å²) in [5.41, 5.74) is 0.834. The molecule has 5 heteroatoms. The molecule has 0 bridgehead atoms. The average Bonchev–Trinajstić information content (AvgIpc) is 2.94. The van der Waals surface area contributed by atoms with Crippen LogP contribution in [0.15, 0.2) is 34.1 Å². The van der Waals surface area contributed by atoms with Gasteiger partial charge in [0.2, 0.25) is 0 Å². The number of aliphatic hydroxyl groups excluding tert-OH is 1. The lowest BCUT2D eigenvalue weighted by molar-refractivity contribution is 0.140. The third-order valence-electron chi connectivity index (χ3n) is 2.74. The summed E-state index contributed by atoms with van der Waals surface area (Å²) < 4.78 is 12.1. The van der Waals surface area contributed by atoms with E-state index in [1.165, 1.54) is 0 Å². The zero-order valence-corrected chi connectivity index (χ0v) is 11.8. The largest absolute Gasteiger partial charge is 0.490 e. The Hall–Kier alpha value is -1.04. The van der Waals surface area contributed by atoms with Gasteiger partial charge in [0.15, 0.2) is 0 Å². The molecule has 1 aromatic carbocycles. The van der Waals surface area contributed by atoms with Gasteiger partial charge in [-0.3, -0.25) is 0 Å². The van der Waals surface area contributed by atoms with Gasteiger partial charge in [-0.1, -0.05) is 0 Å². The van der Waals surface area contributed by atoms with E-state index in [1.807, 2.05) is 29.6 Å². The van der Waals surface area contributed by atoms with Crippen LogP contribution in [0.1, 0.15) is 16.5 Å². The Balaban J connectivity index is 1.70. The van der Waals surface area contributed by atoms with E-state index < -0.39 is 6.10 Å². The molecule has 0 saturated heterocycles. The van der Waals surface area contributed by atoms with Crippen LogP contribution in [0.25, 0.3) is 0 Å². The van der Waals surface area contributed by atoms with Crippen LogP contribution in [0.5, 0.6) is 11.5 Å². The second kappa shape index (κ2) is 4.91. The summed E-state index contributed by atoms with van der Waals surface area (Å²) in [5, 5.41) is 11.6. The number of aliphatic hydroxyl groups is 1. The van der Waals surface area contributed by atoms with Crippen molar-refractivity contribution in [1.82, 2.24) is 0 Å². The van der Waals surface area contributed by atoms with Gasteiger partial charge in [0.25, 0.3) is 0 Å². The maximum atomic E-state index is 9.61. The Morgan fingerprint density at radius 1 is 1.44 bits per heavy atom. The molecular formula is C13H11BrO3S. The average molecular weight is 327 g/mol. The molecule has 18 heavy (non-hydrogen) atoms. The van der Waals surface area contributed by atoms with Gasteiger partial charge < -0.3 is 14.6 Å². The SMILES string of the molecule is OC1COc2cc(OCc3cc(Br)cs3)ccc21. The van der Waals surface area contributed by atoms with Crippen LogP contribution in [-0.2, 0) is 6.61 Å². The van der Waals surface area contributed by atoms with E-state index in [0.717, 1.165) is 20.7 Å². The molecule has 0 fully saturated rings. The third-order valence-corrected chi connectivity index (χ3v) is 4.41. The van der Waals surface area contributed by atoms with Gasteiger partial charge in [-0.05, 0) is 34.1 Å². The zero-order chi connectivity index (χ0) is 12.5. The molecule has 2 aromatic rings. The van der Waals surface area contributed by atoms with E-state index in [4.69, 9.17) is 9.47 Å². The molecule has 0 amide bonds. The molecule has 1 aromatic heterocycles. The molecule has 1 atom stereocenters. The van der Waals surface area contributed by atoms with Crippen LogP contribution in [0, 0.1) is 0 Å². The van der Waals surface area contributed by atoms with Gasteiger partial charge in [0, 0.05) is 26.4 Å². The maximum absolute atomic E-state index is 9.61. The fourth-order valence-electron chi connectivity index (χ4n) is 1.85. The third kappa shape index (κ3) is 2.39. The summed E-state index contributed by atoms with van der Waals surface area (Å²) in [6.45, 7) is 0.869. The highest BCUT2D eigenvalue weighted by molar-refractivity contribution is 9.10. The van der Waals surface area contributed by atoms with Gasteiger partial charge in [0.1, 0.15) is 30.8 Å². The normalized spacial score (nSPS) is 17.3. The van der Waals surface area contributed by atoms with Crippen molar-refractivity contribution < 1.29 is 14.6 Å². The summed E-state index contributed by atoms with van der Waals surface area (Å²) in [7, 11) is 0. The van der Waals surface area contributed by atoms with Gasteiger partial charge in [0.05, 0.1) is 0 Å². The van der Waals surface area contributed by atoms with E-state index in [0.29, 0.717) is 19.0 Å². The minimum absolute atomic E-state index is 0.330. The number of rotatable bonds is 3. The van der Waals surface area contributed by atoms with Gasteiger partial charge in [-0.2, -0.15) is 0 Å². The van der Waals surface area contributed by atoms with Crippen molar-refractivity contribution in [2.75, 3.05) is 6.61 Å². The summed E-state index contributed by atoms with van der Waals surface area (Å²) in [5.74, 6) is 1.47. The van der Waals surface area contributed by atoms with E-state index in [9.17, 15) is 5.11 Å². The summed E-state index contributed by atoms with van der Waals surface area (Å²) in [6.07, 6.45) is -0.512. The van der Waals surface area contributed by atoms with Crippen LogP contribution in [0.2, 0.25) is 0 Å². The Labute approximate surface area is 117 Å². The van der Waals surface area contributed by atoms with Crippen LogP contribution in [-0.4, -0.2) is 11.7 Å². The van der Waals surface area contributed by atoms with Crippen molar-refractivity contribution in [1.29, 1.82) is 0 Å². The van der Waals surface area contributed by atoms with E-state index in [2.05, 4.69) is 15.9 Å². The highest BCUT2D eigenvalue weighted by atomic mass is 79.9. The number of hydrogen-bond acceptors (Lipinski definition) is 4. The zero-order valence-electron chi connectivity index (χ0n) is 9.43. The predicted molar refractivity (Wildman–Crippen MR) is 73.2 cm³/mol. The van der Waals surface area contributed by atoms with Crippen LogP contribution >= 0.6 is 27.3 Å². The minimum Gasteiger partial charge on any atom is -0.490 e. The van der Waals surface area contributed by atoms with Gasteiger partial charge in [-0.15, -0.1) is 11.3 Å². The van der Waals surface area contributed by atoms with Crippen molar-refractivity contribution in [3.05, 3.63) is 44.6 Å². The molecule has 2 heterocycles. The number of halogens is 1. The van der Waals surface area contributed by atoms with Crippen molar-refractivity contribution in [3.8, 4) is 11.5 Å². The summed E-state index contributed by atoms with van der Waals surface area (Å²) in [6, 6.07) is 7.58. The lowest BCUT2D eigenvalue weighted by Crippen LogP contribution is -1.97. The highest BCUT2D eigenvalue weighted by Gasteiger charge is 2.21. The lowest BCUT2D eigenvalue weighted by atomic mass is 10.1. The minimum atomic E-state index is -0.512.